The second-order valence-corrected chi connectivity index (χ2v) is 12.3. The standard InChI is InChI=1S/C40H36N3.H2O4S/c1-28-7-4-10-37(25-28)41-34-19-13-31(14-20-34)40(32-15-21-35(22-16-32)42-38-11-5-8-29(2)26-38)33-17-23-36(24-18-33)43-39-12-6-9-30(3)27-39;1-5(2,3)4/h4-27,41-43H,1-3H3;(H2,1,2,3,4)/q+1;/p-2. The average Bonchev–Trinajstić information content (AvgIpc) is 3.03. The van der Waals surface area contributed by atoms with Crippen molar-refractivity contribution in [3.63, 3.8) is 0 Å². The Morgan fingerprint density at radius 1 is 0.542 bits per heavy atom. The summed E-state index contributed by atoms with van der Waals surface area (Å²) in [5.74, 6) is 0. The Labute approximate surface area is 283 Å². The molecule has 0 amide bonds. The first-order valence-corrected chi connectivity index (χ1v) is 16.7. The van der Waals surface area contributed by atoms with Gasteiger partial charge >= 0.3 is 0 Å². The Hall–Kier alpha value is -5.54. The number of rotatable bonds is 8. The van der Waals surface area contributed by atoms with Crippen LogP contribution in [0.25, 0.3) is 5.57 Å². The van der Waals surface area contributed by atoms with Gasteiger partial charge in [0.2, 0.25) is 0 Å². The van der Waals surface area contributed by atoms with E-state index in [0.717, 1.165) is 51.2 Å². The number of allylic oxidation sites excluding steroid dienone is 3. The van der Waals surface area contributed by atoms with E-state index in [1.165, 1.54) is 22.3 Å². The van der Waals surface area contributed by atoms with E-state index in [4.69, 9.17) is 17.5 Å². The van der Waals surface area contributed by atoms with Crippen LogP contribution in [0.2, 0.25) is 0 Å². The first-order chi connectivity index (χ1) is 23.0. The van der Waals surface area contributed by atoms with Crippen LogP contribution >= 0.6 is 0 Å². The van der Waals surface area contributed by atoms with Crippen molar-refractivity contribution < 1.29 is 17.5 Å². The summed E-state index contributed by atoms with van der Waals surface area (Å²) >= 11 is 0. The van der Waals surface area contributed by atoms with Gasteiger partial charge in [0.25, 0.3) is 0 Å². The molecule has 0 aromatic heterocycles. The average molecular weight is 655 g/mol. The summed E-state index contributed by atoms with van der Waals surface area (Å²) in [4.78, 5) is 0. The lowest BCUT2D eigenvalue weighted by molar-refractivity contribution is 0.352. The van der Waals surface area contributed by atoms with Crippen molar-refractivity contribution in [2.24, 2.45) is 0 Å². The van der Waals surface area contributed by atoms with Gasteiger partial charge < -0.3 is 25.1 Å². The van der Waals surface area contributed by atoms with Gasteiger partial charge in [-0.15, -0.1) is 0 Å². The maximum absolute atomic E-state index is 8.52. The van der Waals surface area contributed by atoms with E-state index < -0.39 is 10.4 Å². The highest BCUT2D eigenvalue weighted by atomic mass is 32.3. The molecule has 242 valence electrons. The molecule has 5 aromatic rings. The molecule has 6 rings (SSSR count). The molecule has 0 aliphatic heterocycles. The lowest BCUT2D eigenvalue weighted by Crippen LogP contribution is -2.07. The van der Waals surface area contributed by atoms with Gasteiger partial charge in [-0.05, 0) is 109 Å². The maximum Gasteiger partial charge on any atom is 0.142 e. The topological polar surface area (TPSA) is 116 Å². The van der Waals surface area contributed by atoms with Crippen LogP contribution < -0.4 is 16.0 Å². The van der Waals surface area contributed by atoms with E-state index in [-0.39, 0.29) is 0 Å². The number of aryl methyl sites for hydroxylation is 3. The van der Waals surface area contributed by atoms with Crippen LogP contribution in [0.3, 0.4) is 0 Å². The van der Waals surface area contributed by atoms with Crippen molar-refractivity contribution in [3.05, 3.63) is 185 Å². The Balaban J connectivity index is 0.000000840. The zero-order valence-electron chi connectivity index (χ0n) is 26.9. The van der Waals surface area contributed by atoms with Gasteiger partial charge in [0.15, 0.2) is 0 Å². The number of hydrogen-bond acceptors (Lipinski definition) is 7. The van der Waals surface area contributed by atoms with Crippen molar-refractivity contribution in [3.8, 4) is 0 Å². The molecule has 5 aromatic carbocycles. The maximum atomic E-state index is 8.52. The monoisotopic (exact) mass is 654 g/mol. The Morgan fingerprint density at radius 3 is 1.31 bits per heavy atom. The van der Waals surface area contributed by atoms with Crippen molar-refractivity contribution in [2.75, 3.05) is 16.0 Å². The van der Waals surface area contributed by atoms with Gasteiger partial charge in [0.1, 0.15) is 6.04 Å². The summed E-state index contributed by atoms with van der Waals surface area (Å²) in [5, 5.41) is 10.6. The van der Waals surface area contributed by atoms with Crippen LogP contribution in [0.4, 0.5) is 28.4 Å². The Kier molecular flexibility index (Phi) is 10.8. The third-order valence-corrected chi connectivity index (χ3v) is 7.44. The molecule has 48 heavy (non-hydrogen) atoms. The smallest absolute Gasteiger partial charge is 0.142 e. The molecule has 0 heterocycles. The van der Waals surface area contributed by atoms with Crippen LogP contribution in [0.5, 0.6) is 0 Å². The van der Waals surface area contributed by atoms with E-state index in [9.17, 15) is 0 Å². The highest BCUT2D eigenvalue weighted by Crippen LogP contribution is 2.33. The van der Waals surface area contributed by atoms with E-state index in [2.05, 4.69) is 182 Å². The van der Waals surface area contributed by atoms with Gasteiger partial charge in [0, 0.05) is 50.9 Å². The number of anilines is 5. The lowest BCUT2D eigenvalue weighted by atomic mass is 9.90. The third-order valence-electron chi connectivity index (χ3n) is 7.44. The summed E-state index contributed by atoms with van der Waals surface area (Å²) in [6.45, 7) is 6.33. The van der Waals surface area contributed by atoms with Gasteiger partial charge in [0.05, 0.1) is 23.4 Å². The quantitative estimate of drug-likeness (QED) is 0.0867. The highest BCUT2D eigenvalue weighted by molar-refractivity contribution is 7.79. The second-order valence-electron chi connectivity index (χ2n) is 11.5. The molecule has 3 N–H and O–H groups in total. The number of nitrogens with one attached hydrogen (secondary N) is 3. The highest BCUT2D eigenvalue weighted by Gasteiger charge is 2.19. The molecule has 0 saturated heterocycles. The van der Waals surface area contributed by atoms with Gasteiger partial charge in [-0.2, -0.15) is 0 Å². The molecule has 1 aliphatic rings. The van der Waals surface area contributed by atoms with Crippen LogP contribution in [-0.2, 0) is 10.4 Å². The summed E-state index contributed by atoms with van der Waals surface area (Å²) in [6, 6.07) is 43.8. The van der Waals surface area contributed by atoms with E-state index in [1.54, 1.807) is 0 Å². The summed E-state index contributed by atoms with van der Waals surface area (Å²) in [5.41, 5.74) is 13.8. The molecule has 0 radical (unpaired) electrons. The fourth-order valence-corrected chi connectivity index (χ4v) is 5.33. The molecule has 0 spiro atoms. The fraction of sp³-hybridized carbons (Fsp3) is 0.0750. The van der Waals surface area contributed by atoms with Crippen molar-refractivity contribution in [1.82, 2.24) is 0 Å². The molecule has 1 aliphatic carbocycles. The third kappa shape index (κ3) is 10.2. The van der Waals surface area contributed by atoms with Gasteiger partial charge in [-0.1, -0.05) is 60.7 Å². The molecular formula is C40H36N3O4S-. The molecule has 0 atom stereocenters. The van der Waals surface area contributed by atoms with Gasteiger partial charge in [-0.25, -0.2) is 0 Å². The van der Waals surface area contributed by atoms with Crippen molar-refractivity contribution >= 4 is 44.4 Å². The Morgan fingerprint density at radius 2 is 0.917 bits per heavy atom. The summed E-state index contributed by atoms with van der Waals surface area (Å²) in [6.07, 6.45) is 8.70. The zero-order chi connectivity index (χ0) is 34.1. The van der Waals surface area contributed by atoms with Gasteiger partial charge in [-0.3, -0.25) is 8.42 Å². The molecule has 0 bridgehead atoms. The minimum absolute atomic E-state index is 1.06. The Bertz CT molecular complexity index is 1950. The number of hydrogen-bond donors (Lipinski definition) is 3. The molecule has 0 fully saturated rings. The van der Waals surface area contributed by atoms with Crippen molar-refractivity contribution in [1.29, 1.82) is 0 Å². The predicted molar refractivity (Wildman–Crippen MR) is 195 cm³/mol. The summed E-state index contributed by atoms with van der Waals surface area (Å²) in [7, 11) is -5.17. The first-order valence-electron chi connectivity index (χ1n) is 15.3. The van der Waals surface area contributed by atoms with Crippen LogP contribution in [0.1, 0.15) is 27.8 Å². The molecule has 7 nitrogen and oxygen atoms in total. The predicted octanol–water partition coefficient (Wildman–Crippen LogP) is 9.33. The molecule has 0 unspecified atom stereocenters. The number of benzene rings is 5. The molecular weight excluding hydrogens is 619 g/mol. The van der Waals surface area contributed by atoms with Crippen molar-refractivity contribution in [2.45, 2.75) is 20.8 Å². The lowest BCUT2D eigenvalue weighted by Gasteiger charge is -2.15. The van der Waals surface area contributed by atoms with E-state index in [0.29, 0.717) is 0 Å². The summed E-state index contributed by atoms with van der Waals surface area (Å²) < 4.78 is 34.1. The molecule has 0 saturated carbocycles. The second kappa shape index (κ2) is 15.4. The first kappa shape index (κ1) is 33.8. The van der Waals surface area contributed by atoms with Crippen LogP contribution in [0, 0.1) is 26.8 Å². The van der Waals surface area contributed by atoms with Crippen LogP contribution in [0.15, 0.2) is 151 Å². The normalized spacial score (nSPS) is 12.2. The minimum atomic E-state index is -5.17. The zero-order valence-corrected chi connectivity index (χ0v) is 27.7. The van der Waals surface area contributed by atoms with Crippen LogP contribution in [-0.4, -0.2) is 17.5 Å². The fourth-order valence-electron chi connectivity index (χ4n) is 5.33. The SMILES string of the molecule is Cc1cccc(Nc2ccc(C(=C3C=C[C+](Nc4cccc(C)c4)C=C3)c3ccc(Nc4cccc(C)c4)cc3)cc2)c1.O=S(=O)([O-])[O-]. The van der Waals surface area contributed by atoms with E-state index >= 15 is 0 Å². The molecule has 8 heteroatoms. The largest absolute Gasteiger partial charge is 0.759 e. The minimum Gasteiger partial charge on any atom is -0.759 e. The van der Waals surface area contributed by atoms with E-state index in [1.807, 2.05) is 0 Å².